The molecule has 0 unspecified atom stereocenters. The summed E-state index contributed by atoms with van der Waals surface area (Å²) >= 11 is 0. The van der Waals surface area contributed by atoms with Crippen LogP contribution in [-0.4, -0.2) is 6.04 Å². The van der Waals surface area contributed by atoms with Crippen LogP contribution in [0.2, 0.25) is 0 Å². The van der Waals surface area contributed by atoms with Crippen LogP contribution in [0.5, 0.6) is 0 Å². The molecule has 0 spiro atoms. The standard InChI is InChI=1S/C20H33N/c1-2-3-4-5-6-7-8-17-9-11-18(12-10-17)19-13-15-20(21)16-14-19/h9-12,19-20H,2-8,13-16,21H2,1H3/t19-,20-. The van der Waals surface area contributed by atoms with Crippen molar-refractivity contribution in [2.24, 2.45) is 5.73 Å². The smallest absolute Gasteiger partial charge is 0.00392 e. The van der Waals surface area contributed by atoms with Gasteiger partial charge in [0.1, 0.15) is 0 Å². The van der Waals surface area contributed by atoms with E-state index in [9.17, 15) is 0 Å². The van der Waals surface area contributed by atoms with Gasteiger partial charge in [0.2, 0.25) is 0 Å². The van der Waals surface area contributed by atoms with E-state index in [0.717, 1.165) is 5.92 Å². The quantitative estimate of drug-likeness (QED) is 0.621. The maximum Gasteiger partial charge on any atom is 0.00392 e. The van der Waals surface area contributed by atoms with Gasteiger partial charge in [0.05, 0.1) is 0 Å². The summed E-state index contributed by atoms with van der Waals surface area (Å²) in [6, 6.07) is 9.90. The normalized spacial score (nSPS) is 22.4. The van der Waals surface area contributed by atoms with Gasteiger partial charge in [-0.25, -0.2) is 0 Å². The molecule has 118 valence electrons. The molecule has 2 N–H and O–H groups in total. The van der Waals surface area contributed by atoms with Crippen molar-refractivity contribution >= 4 is 0 Å². The highest BCUT2D eigenvalue weighted by atomic mass is 14.6. The van der Waals surface area contributed by atoms with Crippen molar-refractivity contribution in [2.45, 2.75) is 89.5 Å². The molecule has 0 radical (unpaired) electrons. The van der Waals surface area contributed by atoms with Crippen molar-refractivity contribution in [1.82, 2.24) is 0 Å². The van der Waals surface area contributed by atoms with Gasteiger partial charge >= 0.3 is 0 Å². The van der Waals surface area contributed by atoms with Crippen molar-refractivity contribution < 1.29 is 0 Å². The fourth-order valence-electron chi connectivity index (χ4n) is 3.52. The summed E-state index contributed by atoms with van der Waals surface area (Å²) in [7, 11) is 0. The van der Waals surface area contributed by atoms with Gasteiger partial charge in [-0.05, 0) is 55.6 Å². The predicted octanol–water partition coefficient (Wildman–Crippen LogP) is 5.57. The number of benzene rings is 1. The van der Waals surface area contributed by atoms with E-state index in [1.54, 1.807) is 0 Å². The highest BCUT2D eigenvalue weighted by Crippen LogP contribution is 2.32. The lowest BCUT2D eigenvalue weighted by molar-refractivity contribution is 0.395. The molecule has 0 atom stereocenters. The number of nitrogens with two attached hydrogens (primary N) is 1. The van der Waals surface area contributed by atoms with Crippen molar-refractivity contribution in [3.8, 4) is 0 Å². The molecule has 1 aliphatic carbocycles. The molecule has 0 aliphatic heterocycles. The molecule has 1 nitrogen and oxygen atoms in total. The largest absolute Gasteiger partial charge is 0.328 e. The van der Waals surface area contributed by atoms with Crippen molar-refractivity contribution in [3.05, 3.63) is 35.4 Å². The maximum atomic E-state index is 6.00. The number of hydrogen-bond donors (Lipinski definition) is 1. The molecule has 0 heterocycles. The SMILES string of the molecule is CCCCCCCCc1ccc([C@H]2CC[C@H](N)CC2)cc1. The monoisotopic (exact) mass is 287 g/mol. The Morgan fingerprint density at radius 1 is 0.857 bits per heavy atom. The molecular formula is C20H33N. The lowest BCUT2D eigenvalue weighted by Crippen LogP contribution is -2.25. The summed E-state index contributed by atoms with van der Waals surface area (Å²) in [5.74, 6) is 0.757. The summed E-state index contributed by atoms with van der Waals surface area (Å²) in [4.78, 5) is 0. The summed E-state index contributed by atoms with van der Waals surface area (Å²) in [5, 5.41) is 0. The van der Waals surface area contributed by atoms with Crippen LogP contribution in [0.3, 0.4) is 0 Å². The lowest BCUT2D eigenvalue weighted by atomic mass is 9.82. The molecule has 0 aromatic heterocycles. The Labute approximate surface area is 131 Å². The van der Waals surface area contributed by atoms with E-state index >= 15 is 0 Å². The first kappa shape index (κ1) is 16.5. The summed E-state index contributed by atoms with van der Waals surface area (Å²) in [5.41, 5.74) is 9.05. The highest BCUT2D eigenvalue weighted by molar-refractivity contribution is 5.26. The third-order valence-corrected chi connectivity index (χ3v) is 5.04. The molecule has 1 saturated carbocycles. The molecule has 1 fully saturated rings. The zero-order chi connectivity index (χ0) is 14.9. The predicted molar refractivity (Wildman–Crippen MR) is 92.7 cm³/mol. The molecule has 2 rings (SSSR count). The van der Waals surface area contributed by atoms with Gasteiger partial charge in [0, 0.05) is 6.04 Å². The van der Waals surface area contributed by atoms with Gasteiger partial charge < -0.3 is 5.73 Å². The molecule has 1 heteroatoms. The van der Waals surface area contributed by atoms with Crippen LogP contribution in [0.15, 0.2) is 24.3 Å². The van der Waals surface area contributed by atoms with Gasteiger partial charge in [0.15, 0.2) is 0 Å². The summed E-state index contributed by atoms with van der Waals surface area (Å²) in [6.07, 6.45) is 14.5. The molecule has 1 aromatic carbocycles. The van der Waals surface area contributed by atoms with Crippen molar-refractivity contribution in [2.75, 3.05) is 0 Å². The lowest BCUT2D eigenvalue weighted by Gasteiger charge is -2.26. The van der Waals surface area contributed by atoms with Crippen LogP contribution in [0.1, 0.15) is 88.2 Å². The number of hydrogen-bond acceptors (Lipinski definition) is 1. The zero-order valence-electron chi connectivity index (χ0n) is 13.8. The molecule has 0 amide bonds. The van der Waals surface area contributed by atoms with Crippen LogP contribution in [0.4, 0.5) is 0 Å². The Morgan fingerprint density at radius 3 is 2.14 bits per heavy atom. The molecule has 1 aromatic rings. The third-order valence-electron chi connectivity index (χ3n) is 5.04. The van der Waals surface area contributed by atoms with Crippen molar-refractivity contribution in [1.29, 1.82) is 0 Å². The second kappa shape index (κ2) is 9.25. The minimum atomic E-state index is 0.452. The topological polar surface area (TPSA) is 26.0 Å². The Balaban J connectivity index is 1.69. The Morgan fingerprint density at radius 2 is 1.48 bits per heavy atom. The zero-order valence-corrected chi connectivity index (χ0v) is 13.8. The Bertz CT molecular complexity index is 373. The van der Waals surface area contributed by atoms with Crippen molar-refractivity contribution in [3.63, 3.8) is 0 Å². The molecular weight excluding hydrogens is 254 g/mol. The van der Waals surface area contributed by atoms with Gasteiger partial charge in [-0.15, -0.1) is 0 Å². The minimum absolute atomic E-state index is 0.452. The van der Waals surface area contributed by atoms with Crippen LogP contribution in [0, 0.1) is 0 Å². The summed E-state index contributed by atoms with van der Waals surface area (Å²) < 4.78 is 0. The average molecular weight is 287 g/mol. The van der Waals surface area contributed by atoms with E-state index in [2.05, 4.69) is 31.2 Å². The van der Waals surface area contributed by atoms with Crippen LogP contribution in [-0.2, 0) is 6.42 Å². The second-order valence-electron chi connectivity index (χ2n) is 6.87. The first-order chi connectivity index (χ1) is 10.3. The van der Waals surface area contributed by atoms with E-state index in [1.807, 2.05) is 0 Å². The van der Waals surface area contributed by atoms with Gasteiger partial charge in [-0.2, -0.15) is 0 Å². The molecule has 0 saturated heterocycles. The summed E-state index contributed by atoms with van der Waals surface area (Å²) in [6.45, 7) is 2.28. The highest BCUT2D eigenvalue weighted by Gasteiger charge is 2.19. The minimum Gasteiger partial charge on any atom is -0.328 e. The van der Waals surface area contributed by atoms with E-state index in [0.29, 0.717) is 6.04 Å². The average Bonchev–Trinajstić information content (AvgIpc) is 2.52. The fourth-order valence-corrected chi connectivity index (χ4v) is 3.52. The molecule has 21 heavy (non-hydrogen) atoms. The van der Waals surface area contributed by atoms with E-state index in [-0.39, 0.29) is 0 Å². The van der Waals surface area contributed by atoms with Crippen LogP contribution in [0.25, 0.3) is 0 Å². The molecule has 1 aliphatic rings. The fraction of sp³-hybridized carbons (Fsp3) is 0.700. The van der Waals surface area contributed by atoms with Crippen LogP contribution >= 0.6 is 0 Å². The Hall–Kier alpha value is -0.820. The molecule has 0 bridgehead atoms. The van der Waals surface area contributed by atoms with E-state index in [1.165, 1.54) is 81.8 Å². The van der Waals surface area contributed by atoms with Gasteiger partial charge in [0.25, 0.3) is 0 Å². The number of rotatable bonds is 8. The van der Waals surface area contributed by atoms with E-state index in [4.69, 9.17) is 5.73 Å². The van der Waals surface area contributed by atoms with Gasteiger partial charge in [-0.3, -0.25) is 0 Å². The maximum absolute atomic E-state index is 6.00. The van der Waals surface area contributed by atoms with Gasteiger partial charge in [-0.1, -0.05) is 63.3 Å². The number of unbranched alkanes of at least 4 members (excludes halogenated alkanes) is 5. The Kier molecular flexibility index (Phi) is 7.29. The first-order valence-electron chi connectivity index (χ1n) is 9.14. The van der Waals surface area contributed by atoms with E-state index < -0.39 is 0 Å². The third kappa shape index (κ3) is 5.82. The van der Waals surface area contributed by atoms with Crippen LogP contribution < -0.4 is 5.73 Å². The number of aryl methyl sites for hydroxylation is 1. The first-order valence-corrected chi connectivity index (χ1v) is 9.14. The second-order valence-corrected chi connectivity index (χ2v) is 6.87.